The third kappa shape index (κ3) is 4.24. The number of nitrogens with zero attached hydrogens (tertiary/aromatic N) is 4. The minimum absolute atomic E-state index is 0.0415. The van der Waals surface area contributed by atoms with Crippen molar-refractivity contribution in [3.05, 3.63) is 11.7 Å². The zero-order valence-corrected chi connectivity index (χ0v) is 17.8. The number of piperidine rings is 1. The average Bonchev–Trinajstić information content (AvgIpc) is 3.07. The lowest BCUT2D eigenvalue weighted by atomic mass is 9.77. The van der Waals surface area contributed by atoms with Gasteiger partial charge in [-0.05, 0) is 39.0 Å². The molecule has 1 aromatic rings. The van der Waals surface area contributed by atoms with E-state index in [1.807, 2.05) is 13.8 Å². The topological polar surface area (TPSA) is 88.8 Å². The molecule has 0 atom stereocenters. The fraction of sp³-hybridized carbons (Fsp3) is 0.789. The summed E-state index contributed by atoms with van der Waals surface area (Å²) >= 11 is 0. The number of carbonyl (C=O) groups excluding carboxylic acids is 2. The van der Waals surface area contributed by atoms with Gasteiger partial charge in [0.25, 0.3) is 0 Å². The predicted molar refractivity (Wildman–Crippen MR) is 98.8 cm³/mol. The quantitative estimate of drug-likeness (QED) is 0.712. The molecule has 0 unspecified atom stereocenters. The number of aromatic nitrogens is 2. The Hall–Kier alpha value is -2.33. The van der Waals surface area contributed by atoms with Crippen molar-refractivity contribution in [1.29, 1.82) is 0 Å². The number of alkyl halides is 3. The van der Waals surface area contributed by atoms with Crippen LogP contribution >= 0.6 is 0 Å². The van der Waals surface area contributed by atoms with Crippen LogP contribution in [0.4, 0.5) is 18.0 Å². The lowest BCUT2D eigenvalue weighted by Crippen LogP contribution is -2.55. The van der Waals surface area contributed by atoms with Crippen molar-refractivity contribution in [3.63, 3.8) is 0 Å². The zero-order chi connectivity index (χ0) is 22.5. The normalized spacial score (nSPS) is 21.2. The molecule has 2 aliphatic heterocycles. The fourth-order valence-electron chi connectivity index (χ4n) is 3.80. The van der Waals surface area contributed by atoms with E-state index >= 15 is 0 Å². The predicted octanol–water partition coefficient (Wildman–Crippen LogP) is 3.38. The van der Waals surface area contributed by atoms with Crippen molar-refractivity contribution in [1.82, 2.24) is 19.9 Å². The number of rotatable bonds is 2. The molecule has 168 valence electrons. The van der Waals surface area contributed by atoms with Crippen molar-refractivity contribution >= 4 is 12.0 Å². The van der Waals surface area contributed by atoms with Gasteiger partial charge in [0.2, 0.25) is 0 Å². The molecular formula is C19H27F3N4O4. The van der Waals surface area contributed by atoms with Crippen molar-refractivity contribution < 1.29 is 32.0 Å². The molecule has 2 amide bonds. The molecule has 0 aliphatic carbocycles. The highest BCUT2D eigenvalue weighted by atomic mass is 19.4. The maximum atomic E-state index is 14.1. The number of ether oxygens (including phenoxy) is 1. The second-order valence-corrected chi connectivity index (χ2v) is 9.80. The van der Waals surface area contributed by atoms with Gasteiger partial charge in [0.1, 0.15) is 11.0 Å². The summed E-state index contributed by atoms with van der Waals surface area (Å²) in [6.07, 6.45) is -6.22. The van der Waals surface area contributed by atoms with Gasteiger partial charge in [-0.3, -0.25) is 4.79 Å². The van der Waals surface area contributed by atoms with Crippen LogP contribution in [0.3, 0.4) is 0 Å². The lowest BCUT2D eigenvalue weighted by Gasteiger charge is -2.44. The third-order valence-electron chi connectivity index (χ3n) is 5.37. The lowest BCUT2D eigenvalue weighted by molar-refractivity contribution is -0.205. The highest BCUT2D eigenvalue weighted by molar-refractivity contribution is 5.90. The Morgan fingerprint density at radius 1 is 1.07 bits per heavy atom. The van der Waals surface area contributed by atoms with Crippen LogP contribution in [0.15, 0.2) is 4.52 Å². The van der Waals surface area contributed by atoms with Gasteiger partial charge < -0.3 is 19.1 Å². The Morgan fingerprint density at radius 2 is 1.63 bits per heavy atom. The summed E-state index contributed by atoms with van der Waals surface area (Å²) in [7, 11) is 0. The first-order chi connectivity index (χ1) is 13.6. The van der Waals surface area contributed by atoms with Crippen LogP contribution in [0.25, 0.3) is 0 Å². The van der Waals surface area contributed by atoms with Crippen LogP contribution in [0.2, 0.25) is 0 Å². The summed E-state index contributed by atoms with van der Waals surface area (Å²) in [6, 6.07) is 0. The fourth-order valence-corrected chi connectivity index (χ4v) is 3.80. The van der Waals surface area contributed by atoms with E-state index in [1.165, 1.54) is 9.80 Å². The van der Waals surface area contributed by atoms with Crippen LogP contribution in [-0.2, 0) is 10.2 Å². The molecule has 0 aromatic carbocycles. The zero-order valence-electron chi connectivity index (χ0n) is 17.8. The van der Waals surface area contributed by atoms with E-state index in [2.05, 4.69) is 10.1 Å². The molecule has 8 nitrogen and oxygen atoms in total. The largest absolute Gasteiger partial charge is 0.444 e. The standard InChI is InChI=1S/C19H27F3N4O4/c1-16(2,3)29-15(28)25-8-6-18(7-9-25,19(20,21)22)14-23-12(30-24-14)13(27)26-10-17(4,5)11-26/h6-11H2,1-5H3. The van der Waals surface area contributed by atoms with Gasteiger partial charge in [0.15, 0.2) is 5.82 Å². The Morgan fingerprint density at radius 3 is 2.10 bits per heavy atom. The minimum atomic E-state index is -4.67. The number of amides is 2. The van der Waals surface area contributed by atoms with E-state index in [1.54, 1.807) is 20.8 Å². The smallest absolute Gasteiger partial charge is 0.410 e. The van der Waals surface area contributed by atoms with Crippen LogP contribution < -0.4 is 0 Å². The summed E-state index contributed by atoms with van der Waals surface area (Å²) in [5.41, 5.74) is -3.17. The molecule has 11 heteroatoms. The number of hydrogen-bond donors (Lipinski definition) is 0. The van der Waals surface area contributed by atoms with Gasteiger partial charge in [-0.25, -0.2) is 4.79 Å². The Balaban J connectivity index is 1.76. The SMILES string of the molecule is CC1(C)CN(C(=O)c2nc(C3(C(F)(F)F)CCN(C(=O)OC(C)(C)C)CC3)no2)C1. The molecule has 1 aromatic heterocycles. The van der Waals surface area contributed by atoms with Gasteiger partial charge in [0, 0.05) is 26.2 Å². The van der Waals surface area contributed by atoms with E-state index in [0.29, 0.717) is 13.1 Å². The number of carbonyl (C=O) groups is 2. The summed E-state index contributed by atoms with van der Waals surface area (Å²) in [5, 5.41) is 3.52. The Bertz CT molecular complexity index is 812. The van der Waals surface area contributed by atoms with E-state index in [0.717, 1.165) is 0 Å². The first-order valence-corrected chi connectivity index (χ1v) is 9.82. The van der Waals surface area contributed by atoms with E-state index in [9.17, 15) is 22.8 Å². The molecule has 0 spiro atoms. The molecule has 3 rings (SSSR count). The second-order valence-electron chi connectivity index (χ2n) is 9.80. The van der Waals surface area contributed by atoms with E-state index in [4.69, 9.17) is 9.26 Å². The van der Waals surface area contributed by atoms with Crippen LogP contribution in [-0.4, -0.2) is 69.9 Å². The molecule has 2 fully saturated rings. The summed E-state index contributed by atoms with van der Waals surface area (Å²) < 4.78 is 52.4. The van der Waals surface area contributed by atoms with Gasteiger partial charge in [-0.2, -0.15) is 18.2 Å². The molecule has 0 N–H and O–H groups in total. The number of likely N-dealkylation sites (tertiary alicyclic amines) is 2. The Kier molecular flexibility index (Phi) is 5.31. The van der Waals surface area contributed by atoms with Crippen molar-refractivity contribution in [2.75, 3.05) is 26.2 Å². The molecule has 30 heavy (non-hydrogen) atoms. The molecule has 0 radical (unpaired) electrons. The van der Waals surface area contributed by atoms with Crippen LogP contribution in [0, 0.1) is 5.41 Å². The number of halogens is 3. The highest BCUT2D eigenvalue weighted by Gasteiger charge is 2.60. The summed E-state index contributed by atoms with van der Waals surface area (Å²) in [4.78, 5) is 31.1. The van der Waals surface area contributed by atoms with Crippen molar-refractivity contribution in [3.8, 4) is 0 Å². The van der Waals surface area contributed by atoms with Gasteiger partial charge in [-0.1, -0.05) is 19.0 Å². The summed E-state index contributed by atoms with van der Waals surface area (Å²) in [5.74, 6) is -1.59. The van der Waals surface area contributed by atoms with Gasteiger partial charge >= 0.3 is 24.1 Å². The maximum absolute atomic E-state index is 14.1. The monoisotopic (exact) mass is 432 g/mol. The molecule has 2 saturated heterocycles. The molecule has 0 saturated carbocycles. The highest BCUT2D eigenvalue weighted by Crippen LogP contribution is 2.47. The van der Waals surface area contributed by atoms with Crippen LogP contribution in [0.1, 0.15) is 64.0 Å². The Labute approximate surface area is 172 Å². The molecule has 2 aliphatic rings. The van der Waals surface area contributed by atoms with Crippen molar-refractivity contribution in [2.24, 2.45) is 5.41 Å². The maximum Gasteiger partial charge on any atom is 0.410 e. The van der Waals surface area contributed by atoms with Gasteiger partial charge in [-0.15, -0.1) is 0 Å². The van der Waals surface area contributed by atoms with Crippen LogP contribution in [0.5, 0.6) is 0 Å². The molecule has 3 heterocycles. The van der Waals surface area contributed by atoms with Gasteiger partial charge in [0.05, 0.1) is 0 Å². The van der Waals surface area contributed by atoms with Crippen molar-refractivity contribution in [2.45, 2.75) is 64.7 Å². The molecular weight excluding hydrogens is 405 g/mol. The number of hydrogen-bond acceptors (Lipinski definition) is 6. The second kappa shape index (κ2) is 7.12. The first-order valence-electron chi connectivity index (χ1n) is 9.82. The summed E-state index contributed by atoms with van der Waals surface area (Å²) in [6.45, 7) is 9.61. The third-order valence-corrected chi connectivity index (χ3v) is 5.37. The van der Waals surface area contributed by atoms with E-state index < -0.39 is 53.7 Å². The first kappa shape index (κ1) is 22.4. The minimum Gasteiger partial charge on any atom is -0.444 e. The van der Waals surface area contributed by atoms with E-state index in [-0.39, 0.29) is 18.5 Å². The molecule has 0 bridgehead atoms. The average molecular weight is 432 g/mol.